The van der Waals surface area contributed by atoms with E-state index in [-0.39, 0.29) is 43.6 Å². The molecule has 0 fully saturated rings. The van der Waals surface area contributed by atoms with Crippen LogP contribution < -0.4 is 28.7 Å². The van der Waals surface area contributed by atoms with E-state index in [1.165, 1.54) is 24.3 Å². The van der Waals surface area contributed by atoms with Crippen LogP contribution >= 0.6 is 24.8 Å². The molecule has 5 rings (SSSR count). The lowest BCUT2D eigenvalue weighted by Crippen LogP contribution is -1.95. The zero-order valence-corrected chi connectivity index (χ0v) is 21.6. The molecule has 0 amide bonds. The standard InChI is InChI=1S/C13H11N3O.C7H7NO2.C6H8N2O.CH4.2ClH/c14-9-3-1-8(2-4-9)13-16-11-7-10(15)5-6-12(11)17-13;8-6-3-1-5(2-4-6)7(9)10;7-4-1-2-6(9)5(8)3-4;;;/h1-7H,14-15H2;1-4H,8H2,(H,9,10);1-3,9H,7-8H2;1H4;2*1H. The van der Waals surface area contributed by atoms with Crippen LogP contribution in [0.4, 0.5) is 28.4 Å². The Bertz CT molecular complexity index is 1480. The summed E-state index contributed by atoms with van der Waals surface area (Å²) in [4.78, 5) is 14.7. The van der Waals surface area contributed by atoms with Crippen LogP contribution in [0, 0.1) is 0 Å². The van der Waals surface area contributed by atoms with Crippen LogP contribution in [-0.2, 0) is 0 Å². The number of phenols is 1. The normalized spacial score (nSPS) is 9.23. The molecule has 39 heavy (non-hydrogen) atoms. The molecule has 4 aromatic carbocycles. The lowest BCUT2D eigenvalue weighted by Gasteiger charge is -1.97. The first-order valence-corrected chi connectivity index (χ1v) is 10.6. The summed E-state index contributed by atoms with van der Waals surface area (Å²) in [5.41, 5.74) is 32.8. The first kappa shape index (κ1) is 34.2. The van der Waals surface area contributed by atoms with Crippen molar-refractivity contribution in [2.24, 2.45) is 0 Å². The Kier molecular flexibility index (Phi) is 13.5. The average molecular weight is 575 g/mol. The summed E-state index contributed by atoms with van der Waals surface area (Å²) in [5, 5.41) is 17.3. The Morgan fingerprint density at radius 2 is 1.18 bits per heavy atom. The number of nitrogens with two attached hydrogens (primary N) is 5. The van der Waals surface area contributed by atoms with Crippen LogP contribution in [0.2, 0.25) is 0 Å². The predicted octanol–water partition coefficient (Wildman–Crippen LogP) is 5.66. The third kappa shape index (κ3) is 9.88. The molecule has 208 valence electrons. The minimum Gasteiger partial charge on any atom is -0.506 e. The molecule has 1 aromatic heterocycles. The smallest absolute Gasteiger partial charge is 0.335 e. The number of fused-ring (bicyclic) bond motifs is 1. The van der Waals surface area contributed by atoms with Crippen LogP contribution in [0.5, 0.6) is 5.75 Å². The van der Waals surface area contributed by atoms with Crippen LogP contribution in [0.3, 0.4) is 0 Å². The van der Waals surface area contributed by atoms with E-state index in [4.69, 9.17) is 43.3 Å². The number of aromatic nitrogens is 1. The largest absolute Gasteiger partial charge is 0.506 e. The van der Waals surface area contributed by atoms with E-state index in [0.29, 0.717) is 34.3 Å². The Morgan fingerprint density at radius 1 is 0.692 bits per heavy atom. The topological polar surface area (TPSA) is 214 Å². The van der Waals surface area contributed by atoms with Gasteiger partial charge in [-0.2, -0.15) is 0 Å². The van der Waals surface area contributed by atoms with Gasteiger partial charge in [-0.1, -0.05) is 7.43 Å². The molecule has 5 aromatic rings. The monoisotopic (exact) mass is 574 g/mol. The van der Waals surface area contributed by atoms with Gasteiger partial charge >= 0.3 is 5.97 Å². The third-order valence-corrected chi connectivity index (χ3v) is 4.78. The van der Waals surface area contributed by atoms with Crippen molar-refractivity contribution in [3.05, 3.63) is 90.5 Å². The van der Waals surface area contributed by atoms with E-state index in [2.05, 4.69) is 4.98 Å². The second-order valence-electron chi connectivity index (χ2n) is 7.61. The SMILES string of the molecule is C.Cl.Cl.Nc1ccc(-c2nc3cc(N)ccc3o2)cc1.Nc1ccc(C(=O)O)cc1.Nc1ccc(O)c(N)c1. The lowest BCUT2D eigenvalue weighted by atomic mass is 10.2. The highest BCUT2D eigenvalue weighted by Gasteiger charge is 2.07. The highest BCUT2D eigenvalue weighted by Crippen LogP contribution is 2.26. The number of aromatic hydroxyl groups is 1. The van der Waals surface area contributed by atoms with Crippen molar-refractivity contribution >= 4 is 70.3 Å². The van der Waals surface area contributed by atoms with E-state index in [9.17, 15) is 4.79 Å². The van der Waals surface area contributed by atoms with E-state index < -0.39 is 5.97 Å². The summed E-state index contributed by atoms with van der Waals surface area (Å²) in [6.07, 6.45) is 0. The van der Waals surface area contributed by atoms with Gasteiger partial charge in [0.2, 0.25) is 5.89 Å². The number of aromatic carboxylic acids is 1. The van der Waals surface area contributed by atoms with Gasteiger partial charge in [-0.15, -0.1) is 24.8 Å². The van der Waals surface area contributed by atoms with Crippen LogP contribution in [0.25, 0.3) is 22.6 Å². The number of carboxylic acids is 1. The number of carbonyl (C=O) groups is 1. The molecule has 10 nitrogen and oxygen atoms in total. The Hall–Kier alpha value is -4.80. The number of hydrogen-bond donors (Lipinski definition) is 7. The summed E-state index contributed by atoms with van der Waals surface area (Å²) >= 11 is 0. The maximum Gasteiger partial charge on any atom is 0.335 e. The molecule has 12 heteroatoms. The Labute approximate surface area is 238 Å². The van der Waals surface area contributed by atoms with Gasteiger partial charge in [0.15, 0.2) is 5.58 Å². The number of nitrogen functional groups attached to an aromatic ring is 5. The fourth-order valence-corrected chi connectivity index (χ4v) is 2.89. The Balaban J connectivity index is 0.000000573. The Morgan fingerprint density at radius 3 is 1.69 bits per heavy atom. The molecule has 0 atom stereocenters. The quantitative estimate of drug-likeness (QED) is 0.0778. The number of anilines is 5. The molecule has 0 aliphatic rings. The van der Waals surface area contributed by atoms with Crippen molar-refractivity contribution in [1.82, 2.24) is 4.98 Å². The van der Waals surface area contributed by atoms with Gasteiger partial charge in [0, 0.05) is 28.3 Å². The number of carboxylic acid groups (broad SMARTS) is 1. The van der Waals surface area contributed by atoms with Gasteiger partial charge < -0.3 is 43.3 Å². The van der Waals surface area contributed by atoms with E-state index in [1.54, 1.807) is 30.3 Å². The maximum absolute atomic E-state index is 10.3. The van der Waals surface area contributed by atoms with Crippen LogP contribution in [0.15, 0.2) is 89.3 Å². The lowest BCUT2D eigenvalue weighted by molar-refractivity contribution is 0.0697. The first-order valence-electron chi connectivity index (χ1n) is 10.6. The highest BCUT2D eigenvalue weighted by atomic mass is 35.5. The molecule has 0 unspecified atom stereocenters. The fraction of sp³-hybridized carbons (Fsp3) is 0.0370. The van der Waals surface area contributed by atoms with Crippen LogP contribution in [0.1, 0.15) is 17.8 Å². The number of hydrogen-bond acceptors (Lipinski definition) is 9. The third-order valence-electron chi connectivity index (χ3n) is 4.78. The number of phenolic OH excluding ortho intramolecular Hbond substituents is 1. The van der Waals surface area contributed by atoms with Crippen molar-refractivity contribution in [3.63, 3.8) is 0 Å². The van der Waals surface area contributed by atoms with Gasteiger partial charge in [0.05, 0.1) is 11.3 Å². The molecule has 0 radical (unpaired) electrons. The highest BCUT2D eigenvalue weighted by molar-refractivity contribution is 5.88. The fourth-order valence-electron chi connectivity index (χ4n) is 2.89. The molecule has 0 saturated carbocycles. The first-order chi connectivity index (χ1) is 17.1. The number of oxazole rings is 1. The number of nitrogens with zero attached hydrogens (tertiary/aromatic N) is 1. The number of benzene rings is 4. The molecule has 12 N–H and O–H groups in total. The zero-order chi connectivity index (χ0) is 26.2. The summed E-state index contributed by atoms with van der Waals surface area (Å²) < 4.78 is 5.64. The molecular weight excluding hydrogens is 543 g/mol. The molecule has 0 spiro atoms. The van der Waals surface area contributed by atoms with Crippen molar-refractivity contribution < 1.29 is 19.4 Å². The summed E-state index contributed by atoms with van der Waals surface area (Å²) in [5.74, 6) is -0.283. The van der Waals surface area contributed by atoms with Gasteiger partial charge in [0.25, 0.3) is 0 Å². The number of halogens is 2. The van der Waals surface area contributed by atoms with Crippen LogP contribution in [-0.4, -0.2) is 21.2 Å². The molecule has 0 aliphatic heterocycles. The second kappa shape index (κ2) is 15.5. The van der Waals surface area contributed by atoms with Gasteiger partial charge in [-0.3, -0.25) is 0 Å². The molecule has 0 bridgehead atoms. The maximum atomic E-state index is 10.3. The summed E-state index contributed by atoms with van der Waals surface area (Å²) in [6.45, 7) is 0. The minimum atomic E-state index is -0.931. The van der Waals surface area contributed by atoms with Crippen molar-refractivity contribution in [2.75, 3.05) is 28.7 Å². The van der Waals surface area contributed by atoms with E-state index in [0.717, 1.165) is 16.7 Å². The summed E-state index contributed by atoms with van der Waals surface area (Å²) in [6, 6.07) is 23.4. The van der Waals surface area contributed by atoms with E-state index in [1.807, 2.05) is 30.3 Å². The zero-order valence-electron chi connectivity index (χ0n) is 19.9. The predicted molar refractivity (Wildman–Crippen MR) is 164 cm³/mol. The number of rotatable bonds is 2. The molecule has 1 heterocycles. The summed E-state index contributed by atoms with van der Waals surface area (Å²) in [7, 11) is 0. The van der Waals surface area contributed by atoms with Crippen molar-refractivity contribution in [1.29, 1.82) is 0 Å². The minimum absolute atomic E-state index is 0. The van der Waals surface area contributed by atoms with Crippen molar-refractivity contribution in [2.45, 2.75) is 7.43 Å². The van der Waals surface area contributed by atoms with Gasteiger partial charge in [-0.05, 0) is 84.9 Å². The van der Waals surface area contributed by atoms with Crippen molar-refractivity contribution in [3.8, 4) is 17.2 Å². The van der Waals surface area contributed by atoms with E-state index >= 15 is 0 Å². The molecular formula is C27H32Cl2N6O4. The average Bonchev–Trinajstić information content (AvgIpc) is 3.26. The molecule has 0 aliphatic carbocycles. The van der Waals surface area contributed by atoms with Gasteiger partial charge in [-0.25, -0.2) is 9.78 Å². The molecule has 0 saturated heterocycles. The van der Waals surface area contributed by atoms with Gasteiger partial charge in [0.1, 0.15) is 11.3 Å². The second-order valence-corrected chi connectivity index (χ2v) is 7.61.